The van der Waals surface area contributed by atoms with Crippen molar-refractivity contribution in [2.24, 2.45) is 11.8 Å². The summed E-state index contributed by atoms with van der Waals surface area (Å²) < 4.78 is 5.90. The zero-order valence-corrected chi connectivity index (χ0v) is 12.8. The summed E-state index contributed by atoms with van der Waals surface area (Å²) in [6, 6.07) is 8.42. The molecule has 0 radical (unpaired) electrons. The Balaban J connectivity index is 2.01. The molecule has 3 nitrogen and oxygen atoms in total. The molecule has 112 valence electrons. The van der Waals surface area contributed by atoms with Crippen molar-refractivity contribution in [2.75, 3.05) is 0 Å². The topological polar surface area (TPSA) is 47.3 Å². The van der Waals surface area contributed by atoms with Crippen LogP contribution in [-0.4, -0.2) is 6.10 Å². The number of hydrogen-bond donors (Lipinski definition) is 2. The van der Waals surface area contributed by atoms with E-state index < -0.39 is 0 Å². The molecule has 1 aromatic carbocycles. The van der Waals surface area contributed by atoms with Gasteiger partial charge in [0.1, 0.15) is 5.75 Å². The zero-order valence-electron chi connectivity index (χ0n) is 12.8. The monoisotopic (exact) mass is 276 g/mol. The van der Waals surface area contributed by atoms with Gasteiger partial charge in [0.25, 0.3) is 0 Å². The fraction of sp³-hybridized carbons (Fsp3) is 0.647. The van der Waals surface area contributed by atoms with Crippen LogP contribution in [-0.2, 0) is 0 Å². The van der Waals surface area contributed by atoms with Crippen LogP contribution in [0.2, 0.25) is 0 Å². The lowest BCUT2D eigenvalue weighted by molar-refractivity contribution is 0.236. The van der Waals surface area contributed by atoms with E-state index in [9.17, 15) is 0 Å². The number of hydrazine groups is 1. The second kappa shape index (κ2) is 7.65. The van der Waals surface area contributed by atoms with Gasteiger partial charge in [-0.3, -0.25) is 11.3 Å². The van der Waals surface area contributed by atoms with Gasteiger partial charge >= 0.3 is 0 Å². The summed E-state index contributed by atoms with van der Waals surface area (Å²) in [7, 11) is 0. The van der Waals surface area contributed by atoms with Crippen LogP contribution in [0.3, 0.4) is 0 Å². The minimum Gasteiger partial charge on any atom is -0.491 e. The molecule has 0 aliphatic heterocycles. The summed E-state index contributed by atoms with van der Waals surface area (Å²) in [6.07, 6.45) is 8.11. The fourth-order valence-electron chi connectivity index (χ4n) is 3.16. The molecular weight excluding hydrogens is 248 g/mol. The normalized spacial score (nSPS) is 17.6. The molecule has 3 N–H and O–H groups in total. The number of rotatable bonds is 7. The van der Waals surface area contributed by atoms with Crippen molar-refractivity contribution in [3.63, 3.8) is 0 Å². The number of para-hydroxylation sites is 1. The van der Waals surface area contributed by atoms with Crippen LogP contribution < -0.4 is 16.0 Å². The zero-order chi connectivity index (χ0) is 14.4. The van der Waals surface area contributed by atoms with Gasteiger partial charge in [-0.15, -0.1) is 0 Å². The van der Waals surface area contributed by atoms with Crippen LogP contribution in [0.5, 0.6) is 5.75 Å². The van der Waals surface area contributed by atoms with Gasteiger partial charge in [-0.05, 0) is 38.7 Å². The van der Waals surface area contributed by atoms with E-state index >= 15 is 0 Å². The summed E-state index contributed by atoms with van der Waals surface area (Å²) in [5.41, 5.74) is 4.16. The van der Waals surface area contributed by atoms with Crippen molar-refractivity contribution >= 4 is 0 Å². The molecule has 1 atom stereocenters. The molecule has 1 aliphatic carbocycles. The van der Waals surface area contributed by atoms with Crippen LogP contribution in [0, 0.1) is 5.92 Å². The first kappa shape index (κ1) is 15.3. The molecular formula is C17H28N2O. The second-order valence-corrected chi connectivity index (χ2v) is 6.15. The Morgan fingerprint density at radius 3 is 2.60 bits per heavy atom. The number of ether oxygens (including phenoxy) is 1. The average Bonchev–Trinajstić information content (AvgIpc) is 2.94. The van der Waals surface area contributed by atoms with Crippen molar-refractivity contribution in [1.82, 2.24) is 5.43 Å². The fourth-order valence-corrected chi connectivity index (χ4v) is 3.16. The summed E-state index contributed by atoms with van der Waals surface area (Å²) >= 11 is 0. The van der Waals surface area contributed by atoms with Crippen LogP contribution in [0.4, 0.5) is 0 Å². The molecule has 1 fully saturated rings. The van der Waals surface area contributed by atoms with Crippen LogP contribution in [0.1, 0.15) is 64.0 Å². The van der Waals surface area contributed by atoms with E-state index in [1.807, 2.05) is 12.1 Å². The van der Waals surface area contributed by atoms with Gasteiger partial charge in [0.2, 0.25) is 0 Å². The molecule has 1 saturated carbocycles. The Kier molecular flexibility index (Phi) is 5.86. The van der Waals surface area contributed by atoms with E-state index in [0.29, 0.717) is 0 Å². The van der Waals surface area contributed by atoms with Gasteiger partial charge in [-0.2, -0.15) is 0 Å². The molecule has 3 heteroatoms. The molecule has 1 aliphatic rings. The number of hydrogen-bond acceptors (Lipinski definition) is 3. The van der Waals surface area contributed by atoms with Crippen molar-refractivity contribution in [3.8, 4) is 5.75 Å². The maximum absolute atomic E-state index is 5.90. The van der Waals surface area contributed by atoms with Crippen molar-refractivity contribution in [2.45, 2.75) is 64.5 Å². The Hall–Kier alpha value is -1.06. The molecule has 20 heavy (non-hydrogen) atoms. The third kappa shape index (κ3) is 4.22. The maximum atomic E-state index is 5.90. The molecule has 0 heterocycles. The van der Waals surface area contributed by atoms with Crippen molar-refractivity contribution < 1.29 is 4.74 Å². The number of nitrogens with one attached hydrogen (secondary N) is 1. The van der Waals surface area contributed by atoms with Crippen LogP contribution in [0.25, 0.3) is 0 Å². The van der Waals surface area contributed by atoms with E-state index in [1.165, 1.54) is 37.7 Å². The largest absolute Gasteiger partial charge is 0.491 e. The molecule has 1 aromatic rings. The Morgan fingerprint density at radius 2 is 1.95 bits per heavy atom. The smallest absolute Gasteiger partial charge is 0.124 e. The lowest BCUT2D eigenvalue weighted by Crippen LogP contribution is -2.29. The maximum Gasteiger partial charge on any atom is 0.124 e. The molecule has 0 amide bonds. The Morgan fingerprint density at radius 1 is 1.25 bits per heavy atom. The first-order valence-electron chi connectivity index (χ1n) is 7.92. The summed E-state index contributed by atoms with van der Waals surface area (Å²) in [5, 5.41) is 0. The highest BCUT2D eigenvalue weighted by Gasteiger charge is 2.20. The number of nitrogens with two attached hydrogens (primary N) is 1. The Labute approximate surface area is 122 Å². The first-order chi connectivity index (χ1) is 9.70. The first-order valence-corrected chi connectivity index (χ1v) is 7.92. The Bertz CT molecular complexity index is 400. The predicted octanol–water partition coefficient (Wildman–Crippen LogP) is 3.95. The third-order valence-electron chi connectivity index (χ3n) is 4.20. The predicted molar refractivity (Wildman–Crippen MR) is 83.5 cm³/mol. The molecule has 0 bridgehead atoms. The highest BCUT2D eigenvalue weighted by molar-refractivity contribution is 5.36. The van der Waals surface area contributed by atoms with Gasteiger partial charge in [0, 0.05) is 11.6 Å². The standard InChI is InChI=1S/C17H28N2O/c1-13(2)20-17-10-6-5-9-15(17)16(19-18)12-11-14-7-3-4-8-14/h5-6,9-10,13-14,16,19H,3-4,7-8,11-12,18H2,1-2H3. The highest BCUT2D eigenvalue weighted by Crippen LogP contribution is 2.33. The molecule has 0 saturated heterocycles. The summed E-state index contributed by atoms with van der Waals surface area (Å²) in [5.74, 6) is 7.63. The second-order valence-electron chi connectivity index (χ2n) is 6.15. The van der Waals surface area contributed by atoms with E-state index in [1.54, 1.807) is 0 Å². The molecule has 0 aromatic heterocycles. The van der Waals surface area contributed by atoms with Crippen molar-refractivity contribution in [3.05, 3.63) is 29.8 Å². The van der Waals surface area contributed by atoms with Gasteiger partial charge in [0.05, 0.1) is 6.10 Å². The summed E-state index contributed by atoms with van der Waals surface area (Å²) in [6.45, 7) is 4.11. The third-order valence-corrected chi connectivity index (χ3v) is 4.20. The van der Waals surface area contributed by atoms with Gasteiger partial charge < -0.3 is 4.74 Å². The lowest BCUT2D eigenvalue weighted by atomic mass is 9.94. The quantitative estimate of drug-likeness (QED) is 0.585. The van der Waals surface area contributed by atoms with E-state index in [2.05, 4.69) is 31.4 Å². The molecule has 0 spiro atoms. The highest BCUT2D eigenvalue weighted by atomic mass is 16.5. The van der Waals surface area contributed by atoms with Crippen molar-refractivity contribution in [1.29, 1.82) is 0 Å². The van der Waals surface area contributed by atoms with Crippen LogP contribution in [0.15, 0.2) is 24.3 Å². The molecule has 2 rings (SSSR count). The minimum absolute atomic E-state index is 0.185. The van der Waals surface area contributed by atoms with Gasteiger partial charge in [-0.25, -0.2) is 0 Å². The van der Waals surface area contributed by atoms with Gasteiger partial charge in [-0.1, -0.05) is 43.9 Å². The minimum atomic E-state index is 0.185. The SMILES string of the molecule is CC(C)Oc1ccccc1C(CCC1CCCC1)NN. The van der Waals surface area contributed by atoms with E-state index in [0.717, 1.165) is 18.1 Å². The van der Waals surface area contributed by atoms with E-state index in [-0.39, 0.29) is 12.1 Å². The van der Waals surface area contributed by atoms with Crippen LogP contribution >= 0.6 is 0 Å². The summed E-state index contributed by atoms with van der Waals surface area (Å²) in [4.78, 5) is 0. The van der Waals surface area contributed by atoms with E-state index in [4.69, 9.17) is 10.6 Å². The van der Waals surface area contributed by atoms with Gasteiger partial charge in [0.15, 0.2) is 0 Å². The lowest BCUT2D eigenvalue weighted by Gasteiger charge is -2.22. The molecule has 1 unspecified atom stereocenters. The number of benzene rings is 1. The average molecular weight is 276 g/mol.